The van der Waals surface area contributed by atoms with Crippen LogP contribution in [-0.2, 0) is 0 Å². The zero-order valence-corrected chi connectivity index (χ0v) is 11.8. The number of nitrogens with zero attached hydrogens (tertiary/aromatic N) is 3. The summed E-state index contributed by atoms with van der Waals surface area (Å²) < 4.78 is 1.34. The van der Waals surface area contributed by atoms with Crippen molar-refractivity contribution < 1.29 is 4.79 Å². The van der Waals surface area contributed by atoms with E-state index in [1.54, 1.807) is 49.9 Å². The van der Waals surface area contributed by atoms with Crippen molar-refractivity contribution in [3.05, 3.63) is 65.0 Å². The predicted octanol–water partition coefficient (Wildman–Crippen LogP) is 0.982. The second kappa shape index (κ2) is 5.65. The molecule has 2 N–H and O–H groups in total. The van der Waals surface area contributed by atoms with Gasteiger partial charge in [-0.25, -0.2) is 9.67 Å². The van der Waals surface area contributed by atoms with Crippen LogP contribution in [0.2, 0.25) is 0 Å². The van der Waals surface area contributed by atoms with Crippen LogP contribution in [-0.4, -0.2) is 32.7 Å². The van der Waals surface area contributed by atoms with Gasteiger partial charge in [-0.1, -0.05) is 6.07 Å². The summed E-state index contributed by atoms with van der Waals surface area (Å²) >= 11 is 0. The lowest BCUT2D eigenvalue weighted by molar-refractivity contribution is 0.0963. The van der Waals surface area contributed by atoms with Crippen LogP contribution >= 0.6 is 0 Å². The van der Waals surface area contributed by atoms with Crippen molar-refractivity contribution in [1.29, 1.82) is 0 Å². The van der Waals surface area contributed by atoms with Crippen LogP contribution in [0.5, 0.6) is 0 Å². The zero-order chi connectivity index (χ0) is 15.5. The SMILES string of the molecule is CNC(=O)c1cncc(-c2c[nH]n(-c3ccccn3)c2=O)c1. The first-order valence-corrected chi connectivity index (χ1v) is 6.60. The lowest BCUT2D eigenvalue weighted by Crippen LogP contribution is -2.19. The molecule has 0 unspecified atom stereocenters. The Morgan fingerprint density at radius 3 is 2.91 bits per heavy atom. The van der Waals surface area contributed by atoms with E-state index >= 15 is 0 Å². The highest BCUT2D eigenvalue weighted by Gasteiger charge is 2.12. The summed E-state index contributed by atoms with van der Waals surface area (Å²) in [7, 11) is 1.54. The summed E-state index contributed by atoms with van der Waals surface area (Å²) in [6.07, 6.45) is 6.17. The van der Waals surface area contributed by atoms with Crippen molar-refractivity contribution in [3.63, 3.8) is 0 Å². The summed E-state index contributed by atoms with van der Waals surface area (Å²) in [6, 6.07) is 6.91. The Balaban J connectivity index is 2.06. The van der Waals surface area contributed by atoms with Crippen LogP contribution in [0.3, 0.4) is 0 Å². The molecule has 7 nitrogen and oxygen atoms in total. The molecular formula is C15H13N5O2. The number of pyridine rings is 2. The number of carbonyl (C=O) groups is 1. The van der Waals surface area contributed by atoms with Crippen molar-refractivity contribution in [2.24, 2.45) is 0 Å². The molecule has 0 fully saturated rings. The Morgan fingerprint density at radius 1 is 1.32 bits per heavy atom. The van der Waals surface area contributed by atoms with Gasteiger partial charge in [0.15, 0.2) is 5.82 Å². The molecule has 0 saturated carbocycles. The number of aromatic nitrogens is 4. The van der Waals surface area contributed by atoms with Crippen LogP contribution < -0.4 is 10.9 Å². The first-order chi connectivity index (χ1) is 10.7. The molecule has 3 heterocycles. The molecular weight excluding hydrogens is 282 g/mol. The van der Waals surface area contributed by atoms with Crippen LogP contribution in [0.25, 0.3) is 16.9 Å². The van der Waals surface area contributed by atoms with Gasteiger partial charge < -0.3 is 5.32 Å². The topological polar surface area (TPSA) is 92.7 Å². The summed E-state index contributed by atoms with van der Waals surface area (Å²) in [5, 5.41) is 5.39. The number of amides is 1. The molecule has 0 aliphatic rings. The molecule has 0 aliphatic carbocycles. The molecule has 3 rings (SSSR count). The molecule has 3 aromatic rings. The minimum atomic E-state index is -0.255. The van der Waals surface area contributed by atoms with E-state index in [0.29, 0.717) is 22.5 Å². The fraction of sp³-hybridized carbons (Fsp3) is 0.0667. The second-order valence-corrected chi connectivity index (χ2v) is 4.56. The van der Waals surface area contributed by atoms with Crippen molar-refractivity contribution in [2.45, 2.75) is 0 Å². The normalized spacial score (nSPS) is 10.4. The molecule has 0 atom stereocenters. The van der Waals surface area contributed by atoms with Crippen molar-refractivity contribution >= 4 is 5.91 Å². The smallest absolute Gasteiger partial charge is 0.280 e. The maximum absolute atomic E-state index is 12.5. The highest BCUT2D eigenvalue weighted by molar-refractivity contribution is 5.94. The highest BCUT2D eigenvalue weighted by Crippen LogP contribution is 2.15. The lowest BCUT2D eigenvalue weighted by Gasteiger charge is -2.01. The number of rotatable bonds is 3. The van der Waals surface area contributed by atoms with Gasteiger partial charge in [-0.05, 0) is 18.2 Å². The van der Waals surface area contributed by atoms with E-state index in [-0.39, 0.29) is 11.5 Å². The van der Waals surface area contributed by atoms with Crippen LogP contribution in [0.15, 0.2) is 53.8 Å². The van der Waals surface area contributed by atoms with Gasteiger partial charge in [-0.15, -0.1) is 0 Å². The third-order valence-electron chi connectivity index (χ3n) is 3.19. The molecule has 0 aromatic carbocycles. The van der Waals surface area contributed by atoms with Gasteiger partial charge in [0.1, 0.15) is 0 Å². The molecule has 0 bridgehead atoms. The maximum atomic E-state index is 12.5. The standard InChI is InChI=1S/C15H13N5O2/c1-16-14(21)11-6-10(7-17-8-11)12-9-19-20(15(12)22)13-4-2-3-5-18-13/h2-9,19H,1H3,(H,16,21). The summed E-state index contributed by atoms with van der Waals surface area (Å²) in [5.41, 5.74) is 1.13. The molecule has 0 aliphatic heterocycles. The molecule has 110 valence electrons. The van der Waals surface area contributed by atoms with E-state index in [1.807, 2.05) is 0 Å². The van der Waals surface area contributed by atoms with Crippen LogP contribution in [0.4, 0.5) is 0 Å². The summed E-state index contributed by atoms with van der Waals surface area (Å²) in [5.74, 6) is 0.240. The first kappa shape index (κ1) is 13.7. The van der Waals surface area contributed by atoms with Gasteiger partial charge >= 0.3 is 0 Å². The van der Waals surface area contributed by atoms with E-state index < -0.39 is 0 Å². The molecule has 0 radical (unpaired) electrons. The van der Waals surface area contributed by atoms with Crippen molar-refractivity contribution in [1.82, 2.24) is 25.1 Å². The number of carbonyl (C=O) groups excluding carboxylic acids is 1. The Hall–Kier alpha value is -3.22. The fourth-order valence-electron chi connectivity index (χ4n) is 2.09. The zero-order valence-electron chi connectivity index (χ0n) is 11.8. The summed E-state index contributed by atoms with van der Waals surface area (Å²) in [6.45, 7) is 0. The maximum Gasteiger partial charge on any atom is 0.280 e. The van der Waals surface area contributed by atoms with Gasteiger partial charge in [-0.2, -0.15) is 0 Å². The highest BCUT2D eigenvalue weighted by atomic mass is 16.1. The number of aromatic amines is 1. The van der Waals surface area contributed by atoms with E-state index in [2.05, 4.69) is 20.4 Å². The van der Waals surface area contributed by atoms with E-state index in [0.717, 1.165) is 0 Å². The van der Waals surface area contributed by atoms with Gasteiger partial charge in [0.2, 0.25) is 0 Å². The third-order valence-corrected chi connectivity index (χ3v) is 3.19. The molecule has 3 aromatic heterocycles. The summed E-state index contributed by atoms with van der Waals surface area (Å²) in [4.78, 5) is 32.3. The van der Waals surface area contributed by atoms with E-state index in [4.69, 9.17) is 0 Å². The van der Waals surface area contributed by atoms with E-state index in [9.17, 15) is 9.59 Å². The Morgan fingerprint density at radius 2 is 2.18 bits per heavy atom. The van der Waals surface area contributed by atoms with Crippen LogP contribution in [0.1, 0.15) is 10.4 Å². The lowest BCUT2D eigenvalue weighted by atomic mass is 10.1. The number of hydrogen-bond acceptors (Lipinski definition) is 4. The average molecular weight is 295 g/mol. The van der Waals surface area contributed by atoms with Crippen molar-refractivity contribution in [3.8, 4) is 16.9 Å². The van der Waals surface area contributed by atoms with Gasteiger partial charge in [0.25, 0.3) is 11.5 Å². The molecule has 7 heteroatoms. The average Bonchev–Trinajstić information content (AvgIpc) is 2.96. The third kappa shape index (κ3) is 2.39. The largest absolute Gasteiger partial charge is 0.355 e. The monoisotopic (exact) mass is 295 g/mol. The molecule has 0 saturated heterocycles. The molecule has 22 heavy (non-hydrogen) atoms. The Labute approximate surface area is 125 Å². The van der Waals surface area contributed by atoms with Crippen molar-refractivity contribution in [2.75, 3.05) is 7.05 Å². The van der Waals surface area contributed by atoms with Gasteiger partial charge in [-0.3, -0.25) is 19.7 Å². The quantitative estimate of drug-likeness (QED) is 0.753. The Kier molecular flexibility index (Phi) is 3.53. The van der Waals surface area contributed by atoms with Gasteiger partial charge in [0, 0.05) is 37.4 Å². The molecule has 0 spiro atoms. The first-order valence-electron chi connectivity index (χ1n) is 6.60. The Bertz CT molecular complexity index is 867. The van der Waals surface area contributed by atoms with Gasteiger partial charge in [0.05, 0.1) is 11.1 Å². The van der Waals surface area contributed by atoms with Crippen LogP contribution in [0, 0.1) is 0 Å². The minimum absolute atomic E-state index is 0.255. The minimum Gasteiger partial charge on any atom is -0.355 e. The number of nitrogens with one attached hydrogen (secondary N) is 2. The molecule has 1 amide bonds. The predicted molar refractivity (Wildman–Crippen MR) is 80.8 cm³/mol. The van der Waals surface area contributed by atoms with E-state index in [1.165, 1.54) is 10.9 Å². The number of hydrogen-bond donors (Lipinski definition) is 2. The second-order valence-electron chi connectivity index (χ2n) is 4.56. The number of H-pyrrole nitrogens is 1. The fourth-order valence-corrected chi connectivity index (χ4v) is 2.09.